The molecule has 1 amide bonds. The van der Waals surface area contributed by atoms with Crippen molar-refractivity contribution in [3.05, 3.63) is 29.6 Å². The van der Waals surface area contributed by atoms with E-state index in [4.69, 9.17) is 10.5 Å². The molecule has 3 N–H and O–H groups in total. The molecule has 0 aliphatic carbocycles. The molecule has 17 heavy (non-hydrogen) atoms. The van der Waals surface area contributed by atoms with E-state index in [0.717, 1.165) is 0 Å². The second kappa shape index (κ2) is 7.86. The van der Waals surface area contributed by atoms with Crippen LogP contribution in [0.5, 0.6) is 5.75 Å². The molecule has 0 saturated heterocycles. The molecule has 0 spiro atoms. The molecule has 6 heteroatoms. The minimum atomic E-state index is -0.466. The van der Waals surface area contributed by atoms with Crippen LogP contribution in [0, 0.1) is 5.82 Å². The number of nitrogens with one attached hydrogen (secondary N) is 1. The van der Waals surface area contributed by atoms with E-state index in [2.05, 4.69) is 5.32 Å². The number of amides is 1. The van der Waals surface area contributed by atoms with Gasteiger partial charge in [0.05, 0.1) is 13.5 Å². The molecule has 0 aromatic heterocycles. The molecule has 0 aliphatic heterocycles. The van der Waals surface area contributed by atoms with Gasteiger partial charge in [0.15, 0.2) is 11.6 Å². The average molecular weight is 263 g/mol. The first kappa shape index (κ1) is 15.7. The summed E-state index contributed by atoms with van der Waals surface area (Å²) < 4.78 is 18.1. The van der Waals surface area contributed by atoms with Gasteiger partial charge in [-0.1, -0.05) is 6.07 Å². The highest BCUT2D eigenvalue weighted by atomic mass is 35.5. The summed E-state index contributed by atoms with van der Waals surface area (Å²) in [5, 5.41) is 2.61. The van der Waals surface area contributed by atoms with E-state index in [1.165, 1.54) is 19.2 Å². The number of carbonyl (C=O) groups is 1. The van der Waals surface area contributed by atoms with Gasteiger partial charge in [-0.15, -0.1) is 12.4 Å². The number of rotatable bonds is 5. The molecular formula is C11H16ClFN2O2. The normalized spacial score (nSPS) is 9.35. The van der Waals surface area contributed by atoms with E-state index in [1.807, 2.05) is 0 Å². The molecule has 96 valence electrons. The van der Waals surface area contributed by atoms with Gasteiger partial charge >= 0.3 is 0 Å². The second-order valence-electron chi connectivity index (χ2n) is 3.28. The summed E-state index contributed by atoms with van der Waals surface area (Å²) in [5.41, 5.74) is 5.85. The van der Waals surface area contributed by atoms with Gasteiger partial charge in [0.1, 0.15) is 0 Å². The highest BCUT2D eigenvalue weighted by molar-refractivity contribution is 5.85. The molecule has 0 bridgehead atoms. The van der Waals surface area contributed by atoms with E-state index >= 15 is 0 Å². The highest BCUT2D eigenvalue weighted by Crippen LogP contribution is 2.17. The fraction of sp³-hybridized carbons (Fsp3) is 0.364. The predicted molar refractivity (Wildman–Crippen MR) is 66.0 cm³/mol. The van der Waals surface area contributed by atoms with Crippen LogP contribution in [0.2, 0.25) is 0 Å². The van der Waals surface area contributed by atoms with Crippen LogP contribution in [-0.4, -0.2) is 26.1 Å². The summed E-state index contributed by atoms with van der Waals surface area (Å²) >= 11 is 0. The molecule has 0 atom stereocenters. The molecule has 1 aromatic carbocycles. The second-order valence-corrected chi connectivity index (χ2v) is 3.28. The summed E-state index contributed by atoms with van der Waals surface area (Å²) in [6.07, 6.45) is 0.140. The highest BCUT2D eigenvalue weighted by Gasteiger charge is 2.06. The van der Waals surface area contributed by atoms with Crippen LogP contribution < -0.4 is 15.8 Å². The Morgan fingerprint density at radius 2 is 2.24 bits per heavy atom. The lowest BCUT2D eigenvalue weighted by Crippen LogP contribution is -2.30. The minimum absolute atomic E-state index is 0. The van der Waals surface area contributed by atoms with Gasteiger partial charge in [0.2, 0.25) is 5.91 Å². The maximum atomic E-state index is 13.3. The van der Waals surface area contributed by atoms with Crippen molar-refractivity contribution in [1.29, 1.82) is 0 Å². The van der Waals surface area contributed by atoms with Gasteiger partial charge in [-0.25, -0.2) is 4.39 Å². The Bertz CT molecular complexity index is 374. The number of hydrogen-bond acceptors (Lipinski definition) is 3. The Balaban J connectivity index is 0.00000256. The van der Waals surface area contributed by atoms with Gasteiger partial charge in [0, 0.05) is 13.1 Å². The Kier molecular flexibility index (Phi) is 7.25. The van der Waals surface area contributed by atoms with Crippen LogP contribution in [0.25, 0.3) is 0 Å². The molecule has 0 saturated carbocycles. The molecule has 1 aromatic rings. The summed E-state index contributed by atoms with van der Waals surface area (Å²) in [7, 11) is 1.39. The van der Waals surface area contributed by atoms with Crippen molar-refractivity contribution in [2.75, 3.05) is 20.2 Å². The maximum absolute atomic E-state index is 13.3. The smallest absolute Gasteiger partial charge is 0.224 e. The number of nitrogens with two attached hydrogens (primary N) is 1. The number of methoxy groups -OCH3 is 1. The first-order valence-corrected chi connectivity index (χ1v) is 4.96. The van der Waals surface area contributed by atoms with Crippen LogP contribution in [-0.2, 0) is 11.2 Å². The first-order chi connectivity index (χ1) is 7.67. The third-order valence-corrected chi connectivity index (χ3v) is 2.05. The van der Waals surface area contributed by atoms with Crippen LogP contribution in [0.3, 0.4) is 0 Å². The number of benzene rings is 1. The molecular weight excluding hydrogens is 247 g/mol. The fourth-order valence-electron chi connectivity index (χ4n) is 1.28. The summed E-state index contributed by atoms with van der Waals surface area (Å²) in [4.78, 5) is 11.3. The standard InChI is InChI=1S/C11H15FN2O2.ClH/c1-16-10-3-2-8(6-9(10)12)7-11(15)14-5-4-13;/h2-3,6H,4-5,7,13H2,1H3,(H,14,15);1H. The van der Waals surface area contributed by atoms with Crippen LogP contribution in [0.15, 0.2) is 18.2 Å². The van der Waals surface area contributed by atoms with Gasteiger partial charge < -0.3 is 15.8 Å². The monoisotopic (exact) mass is 262 g/mol. The van der Waals surface area contributed by atoms with E-state index in [-0.39, 0.29) is 30.5 Å². The number of hydrogen-bond donors (Lipinski definition) is 2. The molecule has 0 unspecified atom stereocenters. The van der Waals surface area contributed by atoms with Gasteiger partial charge in [0.25, 0.3) is 0 Å². The third kappa shape index (κ3) is 5.01. The van der Waals surface area contributed by atoms with E-state index in [1.54, 1.807) is 6.07 Å². The molecule has 4 nitrogen and oxygen atoms in total. The van der Waals surface area contributed by atoms with Crippen molar-refractivity contribution in [2.24, 2.45) is 5.73 Å². The van der Waals surface area contributed by atoms with Crippen LogP contribution >= 0.6 is 12.4 Å². The van der Waals surface area contributed by atoms with Crippen LogP contribution in [0.1, 0.15) is 5.56 Å². The van der Waals surface area contributed by atoms with Crippen molar-refractivity contribution in [3.63, 3.8) is 0 Å². The van der Waals surface area contributed by atoms with Gasteiger partial charge in [-0.05, 0) is 17.7 Å². The van der Waals surface area contributed by atoms with Crippen molar-refractivity contribution < 1.29 is 13.9 Å². The Morgan fingerprint density at radius 3 is 2.76 bits per heavy atom. The third-order valence-electron chi connectivity index (χ3n) is 2.05. The zero-order valence-electron chi connectivity index (χ0n) is 9.53. The summed E-state index contributed by atoms with van der Waals surface area (Å²) in [5.74, 6) is -0.465. The molecule has 0 fully saturated rings. The Morgan fingerprint density at radius 1 is 1.53 bits per heavy atom. The number of ether oxygens (including phenoxy) is 1. The van der Waals surface area contributed by atoms with E-state index in [9.17, 15) is 9.18 Å². The van der Waals surface area contributed by atoms with E-state index < -0.39 is 5.82 Å². The maximum Gasteiger partial charge on any atom is 0.224 e. The van der Waals surface area contributed by atoms with Gasteiger partial charge in [-0.3, -0.25) is 4.79 Å². The fourth-order valence-corrected chi connectivity index (χ4v) is 1.28. The van der Waals surface area contributed by atoms with Crippen molar-refractivity contribution >= 4 is 18.3 Å². The molecule has 0 heterocycles. The SMILES string of the molecule is COc1ccc(CC(=O)NCCN)cc1F.Cl. The van der Waals surface area contributed by atoms with Crippen molar-refractivity contribution in [3.8, 4) is 5.75 Å². The topological polar surface area (TPSA) is 64.3 Å². The lowest BCUT2D eigenvalue weighted by molar-refractivity contribution is -0.120. The predicted octanol–water partition coefficient (Wildman–Crippen LogP) is 0.874. The van der Waals surface area contributed by atoms with Crippen molar-refractivity contribution in [1.82, 2.24) is 5.32 Å². The van der Waals surface area contributed by atoms with Crippen molar-refractivity contribution in [2.45, 2.75) is 6.42 Å². The van der Waals surface area contributed by atoms with Crippen LogP contribution in [0.4, 0.5) is 4.39 Å². The Hall–Kier alpha value is -1.33. The molecule has 1 rings (SSSR count). The molecule has 0 radical (unpaired) electrons. The molecule has 0 aliphatic rings. The summed E-state index contributed by atoms with van der Waals surface area (Å²) in [6.45, 7) is 0.820. The number of halogens is 2. The Labute approximate surface area is 106 Å². The quantitative estimate of drug-likeness (QED) is 0.828. The lowest BCUT2D eigenvalue weighted by Gasteiger charge is -2.05. The zero-order chi connectivity index (χ0) is 12.0. The zero-order valence-corrected chi connectivity index (χ0v) is 10.3. The van der Waals surface area contributed by atoms with Gasteiger partial charge in [-0.2, -0.15) is 0 Å². The average Bonchev–Trinajstić information content (AvgIpc) is 2.26. The minimum Gasteiger partial charge on any atom is -0.494 e. The lowest BCUT2D eigenvalue weighted by atomic mass is 10.1. The summed E-state index contributed by atoms with van der Waals surface area (Å²) in [6, 6.07) is 4.45. The van der Waals surface area contributed by atoms with E-state index in [0.29, 0.717) is 18.7 Å². The largest absolute Gasteiger partial charge is 0.494 e. The number of carbonyl (C=O) groups excluding carboxylic acids is 1. The first-order valence-electron chi connectivity index (χ1n) is 4.96.